The molecule has 4 heteroatoms. The van der Waals surface area contributed by atoms with Crippen molar-refractivity contribution in [2.45, 2.75) is 13.3 Å². The molecule has 0 saturated carbocycles. The van der Waals surface area contributed by atoms with Gasteiger partial charge in [0.2, 0.25) is 0 Å². The average molecular weight is 215 g/mol. The summed E-state index contributed by atoms with van der Waals surface area (Å²) in [4.78, 5) is 14.3. The van der Waals surface area contributed by atoms with Gasteiger partial charge in [-0.15, -0.1) is 0 Å². The quantitative estimate of drug-likeness (QED) is 0.599. The van der Waals surface area contributed by atoms with Crippen LogP contribution >= 0.6 is 0 Å². The van der Waals surface area contributed by atoms with E-state index in [0.29, 0.717) is 0 Å². The first-order valence-electron chi connectivity index (χ1n) is 5.30. The van der Waals surface area contributed by atoms with Crippen molar-refractivity contribution in [3.05, 3.63) is 45.5 Å². The van der Waals surface area contributed by atoms with Gasteiger partial charge in [0.05, 0.1) is 5.69 Å². The number of hydrogen-bond acceptors (Lipinski definition) is 2. The summed E-state index contributed by atoms with van der Waals surface area (Å²) in [5, 5.41) is 3.27. The van der Waals surface area contributed by atoms with E-state index in [1.807, 2.05) is 12.1 Å². The number of anilines is 2. The smallest absolute Gasteiger partial charge is 0.327 e. The summed E-state index contributed by atoms with van der Waals surface area (Å²) in [7, 11) is 1.79. The first-order valence-corrected chi connectivity index (χ1v) is 5.30. The van der Waals surface area contributed by atoms with Crippen LogP contribution in [0.25, 0.3) is 0 Å². The maximum absolute atomic E-state index is 11.5. The zero-order valence-corrected chi connectivity index (χ0v) is 9.29. The molecule has 1 aromatic heterocycles. The largest absolute Gasteiger partial charge is 0.340 e. The van der Waals surface area contributed by atoms with Crippen molar-refractivity contribution in [2.75, 3.05) is 5.32 Å². The lowest BCUT2D eigenvalue weighted by molar-refractivity contribution is 0.805. The van der Waals surface area contributed by atoms with E-state index in [4.69, 9.17) is 0 Å². The van der Waals surface area contributed by atoms with E-state index < -0.39 is 0 Å². The number of hydrogen-bond donors (Lipinski definition) is 2. The van der Waals surface area contributed by atoms with Crippen LogP contribution in [-0.4, -0.2) is 9.55 Å². The highest BCUT2D eigenvalue weighted by molar-refractivity contribution is 5.69. The van der Waals surface area contributed by atoms with E-state index in [2.05, 4.69) is 23.3 Å². The van der Waals surface area contributed by atoms with E-state index in [0.717, 1.165) is 23.6 Å². The molecule has 0 bridgehead atoms. The minimum absolute atomic E-state index is 0.0667. The van der Waals surface area contributed by atoms with Crippen LogP contribution in [0.3, 0.4) is 0 Å². The van der Waals surface area contributed by atoms with E-state index in [-0.39, 0.29) is 5.69 Å². The van der Waals surface area contributed by atoms with Crippen molar-refractivity contribution >= 4 is 11.5 Å². The summed E-state index contributed by atoms with van der Waals surface area (Å²) in [5.41, 5.74) is 4.57. The van der Waals surface area contributed by atoms with Crippen LogP contribution in [0.4, 0.5) is 11.5 Å². The van der Waals surface area contributed by atoms with Gasteiger partial charge in [0.15, 0.2) is 0 Å². The number of benzene rings is 1. The van der Waals surface area contributed by atoms with Gasteiger partial charge in [0.25, 0.3) is 0 Å². The summed E-state index contributed by atoms with van der Waals surface area (Å²) in [6.45, 7) is 2.09. The van der Waals surface area contributed by atoms with Gasteiger partial charge in [0.1, 0.15) is 5.82 Å². The Kier molecular flexibility index (Phi) is 1.74. The lowest BCUT2D eigenvalue weighted by atomic mass is 9.99. The van der Waals surface area contributed by atoms with Gasteiger partial charge in [-0.05, 0) is 24.1 Å². The molecule has 2 aromatic rings. The summed E-state index contributed by atoms with van der Waals surface area (Å²) in [6.07, 6.45) is 0.805. The molecule has 16 heavy (non-hydrogen) atoms. The predicted octanol–water partition coefficient (Wildman–Crippen LogP) is 1.67. The molecule has 0 aliphatic carbocycles. The Morgan fingerprint density at radius 3 is 3.00 bits per heavy atom. The van der Waals surface area contributed by atoms with Gasteiger partial charge >= 0.3 is 5.69 Å². The molecule has 0 unspecified atom stereocenters. The van der Waals surface area contributed by atoms with Crippen molar-refractivity contribution < 1.29 is 0 Å². The molecule has 1 aliphatic heterocycles. The molecule has 0 saturated heterocycles. The highest BCUT2D eigenvalue weighted by Gasteiger charge is 2.20. The van der Waals surface area contributed by atoms with Crippen LogP contribution in [-0.2, 0) is 13.5 Å². The Bertz CT molecular complexity index is 622. The number of fused-ring (bicyclic) bond motifs is 2. The van der Waals surface area contributed by atoms with Gasteiger partial charge in [-0.2, -0.15) is 0 Å². The number of aromatic amines is 1. The summed E-state index contributed by atoms with van der Waals surface area (Å²) in [6, 6.07) is 6.15. The SMILES string of the molecule is Cc1cccc2c1Cc1c([nH]c(=O)n1C)N2. The second kappa shape index (κ2) is 3.01. The molecule has 3 rings (SSSR count). The highest BCUT2D eigenvalue weighted by Crippen LogP contribution is 2.32. The van der Waals surface area contributed by atoms with Crippen LogP contribution in [0.15, 0.2) is 23.0 Å². The van der Waals surface area contributed by atoms with Gasteiger partial charge in [-0.1, -0.05) is 12.1 Å². The normalized spacial score (nSPS) is 12.9. The number of aromatic nitrogens is 2. The summed E-state index contributed by atoms with van der Waals surface area (Å²) < 4.78 is 1.66. The summed E-state index contributed by atoms with van der Waals surface area (Å²) >= 11 is 0. The predicted molar refractivity (Wildman–Crippen MR) is 63.3 cm³/mol. The number of imidazole rings is 1. The minimum Gasteiger partial charge on any atom is -0.340 e. The standard InChI is InChI=1S/C12H13N3O/c1-7-4-3-5-9-8(7)6-10-11(13-9)14-12(16)15(10)2/h3-5,13H,6H2,1-2H3,(H,14,16). The first-order chi connectivity index (χ1) is 7.66. The number of nitrogens with zero attached hydrogens (tertiary/aromatic N) is 1. The van der Waals surface area contributed by atoms with Crippen molar-refractivity contribution in [3.63, 3.8) is 0 Å². The molecule has 0 spiro atoms. The second-order valence-corrected chi connectivity index (χ2v) is 4.21. The fraction of sp³-hybridized carbons (Fsp3) is 0.250. The Labute approximate surface area is 92.9 Å². The van der Waals surface area contributed by atoms with Gasteiger partial charge in [0, 0.05) is 19.2 Å². The highest BCUT2D eigenvalue weighted by atomic mass is 16.1. The first kappa shape index (κ1) is 9.27. The van der Waals surface area contributed by atoms with Crippen LogP contribution in [0, 0.1) is 6.92 Å². The zero-order chi connectivity index (χ0) is 11.3. The Hall–Kier alpha value is -1.97. The van der Waals surface area contributed by atoms with E-state index in [1.54, 1.807) is 11.6 Å². The zero-order valence-electron chi connectivity index (χ0n) is 9.29. The lowest BCUT2D eigenvalue weighted by Gasteiger charge is -2.20. The molecular formula is C12H13N3O. The van der Waals surface area contributed by atoms with Crippen molar-refractivity contribution in [2.24, 2.45) is 7.05 Å². The molecule has 0 radical (unpaired) electrons. The minimum atomic E-state index is -0.0667. The lowest BCUT2D eigenvalue weighted by Crippen LogP contribution is -2.15. The van der Waals surface area contributed by atoms with Gasteiger partial charge in [-0.3, -0.25) is 9.55 Å². The summed E-state index contributed by atoms with van der Waals surface area (Å²) in [5.74, 6) is 0.825. The Morgan fingerprint density at radius 2 is 2.19 bits per heavy atom. The molecule has 1 aromatic carbocycles. The molecule has 0 fully saturated rings. The molecule has 0 amide bonds. The monoisotopic (exact) mass is 215 g/mol. The topological polar surface area (TPSA) is 49.8 Å². The van der Waals surface area contributed by atoms with Crippen molar-refractivity contribution in [1.29, 1.82) is 0 Å². The number of nitrogens with one attached hydrogen (secondary N) is 2. The van der Waals surface area contributed by atoms with Gasteiger partial charge in [-0.25, -0.2) is 4.79 Å². The second-order valence-electron chi connectivity index (χ2n) is 4.21. The maximum Gasteiger partial charge on any atom is 0.327 e. The van der Waals surface area contributed by atoms with E-state index in [9.17, 15) is 4.79 Å². The number of aryl methyl sites for hydroxylation is 1. The third kappa shape index (κ3) is 1.13. The molecule has 4 nitrogen and oxygen atoms in total. The maximum atomic E-state index is 11.5. The van der Waals surface area contributed by atoms with Crippen LogP contribution in [0.5, 0.6) is 0 Å². The van der Waals surface area contributed by atoms with Crippen LogP contribution in [0.1, 0.15) is 16.8 Å². The number of rotatable bonds is 0. The third-order valence-corrected chi connectivity index (χ3v) is 3.24. The van der Waals surface area contributed by atoms with Gasteiger partial charge < -0.3 is 5.32 Å². The van der Waals surface area contributed by atoms with E-state index in [1.165, 1.54) is 11.1 Å². The molecular weight excluding hydrogens is 202 g/mol. The Morgan fingerprint density at radius 1 is 1.38 bits per heavy atom. The fourth-order valence-electron chi connectivity index (χ4n) is 2.22. The van der Waals surface area contributed by atoms with E-state index >= 15 is 0 Å². The molecule has 1 aliphatic rings. The van der Waals surface area contributed by atoms with Crippen LogP contribution < -0.4 is 11.0 Å². The fourth-order valence-corrected chi connectivity index (χ4v) is 2.22. The molecule has 82 valence electrons. The third-order valence-electron chi connectivity index (χ3n) is 3.24. The van der Waals surface area contributed by atoms with Crippen LogP contribution in [0.2, 0.25) is 0 Å². The Balaban J connectivity index is 2.21. The number of H-pyrrole nitrogens is 1. The van der Waals surface area contributed by atoms with Crippen molar-refractivity contribution in [1.82, 2.24) is 9.55 Å². The molecule has 2 heterocycles. The molecule has 0 atom stereocenters. The van der Waals surface area contributed by atoms with Crippen molar-refractivity contribution in [3.8, 4) is 0 Å². The average Bonchev–Trinajstić information content (AvgIpc) is 2.53. The molecule has 2 N–H and O–H groups in total.